The molecule has 1 saturated carbocycles. The van der Waals surface area contributed by atoms with E-state index in [1.807, 2.05) is 18.7 Å². The van der Waals surface area contributed by atoms with E-state index < -0.39 is 0 Å². The smallest absolute Gasteiger partial charge is 0.164 e. The lowest BCUT2D eigenvalue weighted by Crippen LogP contribution is -2.34. The minimum atomic E-state index is 0.553. The molecule has 0 bridgehead atoms. The van der Waals surface area contributed by atoms with Crippen LogP contribution >= 0.6 is 0 Å². The van der Waals surface area contributed by atoms with E-state index in [-0.39, 0.29) is 0 Å². The molecule has 146 valence electrons. The minimum Gasteiger partial charge on any atom is -0.372 e. The molecule has 0 saturated heterocycles. The van der Waals surface area contributed by atoms with Gasteiger partial charge in [0.05, 0.1) is 6.54 Å². The van der Waals surface area contributed by atoms with E-state index in [1.54, 1.807) is 0 Å². The van der Waals surface area contributed by atoms with Crippen LogP contribution in [0.1, 0.15) is 31.4 Å². The molecule has 0 radical (unpaired) electrons. The zero-order valence-electron chi connectivity index (χ0n) is 16.5. The Morgan fingerprint density at radius 3 is 2.72 bits per heavy atom. The molecule has 0 atom stereocenters. The average molecular weight is 384 g/mol. The van der Waals surface area contributed by atoms with Gasteiger partial charge in [-0.1, -0.05) is 18.2 Å². The number of pyridine rings is 1. The first kappa shape index (κ1) is 17.7. The number of nitrogens with zero attached hydrogens (tertiary/aromatic N) is 5. The summed E-state index contributed by atoms with van der Waals surface area (Å²) in [6.07, 6.45) is 12.3. The summed E-state index contributed by atoms with van der Waals surface area (Å²) < 4.78 is 2.21. The lowest BCUT2D eigenvalue weighted by Gasteiger charge is -2.32. The summed E-state index contributed by atoms with van der Waals surface area (Å²) in [6, 6.07) is 13.3. The standard InChI is InChI=1S/C23H24N6/c1-2-25-22-9-6-19(17-10-12-24-13-11-17)15-28(22)21-5-3-4-18(14-21)23-27-26-16-29(23)20-7-8-20/h3-6,9-14,16,20,25H,2,7-8,15H2,1H3. The number of anilines is 1. The second kappa shape index (κ2) is 7.54. The maximum Gasteiger partial charge on any atom is 0.164 e. The van der Waals surface area contributed by atoms with Gasteiger partial charge in [-0.2, -0.15) is 0 Å². The van der Waals surface area contributed by atoms with Crippen molar-refractivity contribution in [1.29, 1.82) is 0 Å². The van der Waals surface area contributed by atoms with Crippen LogP contribution in [0.25, 0.3) is 17.0 Å². The number of benzene rings is 1. The molecule has 0 spiro atoms. The first-order valence-corrected chi connectivity index (χ1v) is 10.2. The van der Waals surface area contributed by atoms with Crippen LogP contribution in [-0.2, 0) is 0 Å². The van der Waals surface area contributed by atoms with E-state index in [1.165, 1.54) is 24.0 Å². The third-order valence-electron chi connectivity index (χ3n) is 5.40. The molecule has 2 aliphatic rings. The predicted octanol–water partition coefficient (Wildman–Crippen LogP) is 4.03. The van der Waals surface area contributed by atoms with Gasteiger partial charge in [-0.15, -0.1) is 10.2 Å². The number of hydrogen-bond donors (Lipinski definition) is 1. The van der Waals surface area contributed by atoms with E-state index in [0.29, 0.717) is 6.04 Å². The first-order valence-electron chi connectivity index (χ1n) is 10.2. The van der Waals surface area contributed by atoms with Crippen molar-refractivity contribution in [3.05, 3.63) is 78.7 Å². The minimum absolute atomic E-state index is 0.553. The Hall–Kier alpha value is -3.41. The Balaban J connectivity index is 1.49. The van der Waals surface area contributed by atoms with Gasteiger partial charge < -0.3 is 14.8 Å². The van der Waals surface area contributed by atoms with Gasteiger partial charge in [0.25, 0.3) is 0 Å². The number of nitrogens with one attached hydrogen (secondary N) is 1. The Bertz CT molecular complexity index is 1060. The lowest BCUT2D eigenvalue weighted by molar-refractivity contribution is 0.746. The molecule has 6 heteroatoms. The van der Waals surface area contributed by atoms with Gasteiger partial charge in [0.1, 0.15) is 12.1 Å². The van der Waals surface area contributed by atoms with Crippen molar-refractivity contribution >= 4 is 11.3 Å². The highest BCUT2D eigenvalue weighted by molar-refractivity contribution is 5.76. The maximum absolute atomic E-state index is 4.40. The fourth-order valence-electron chi connectivity index (χ4n) is 3.78. The second-order valence-corrected chi connectivity index (χ2v) is 7.44. The molecule has 2 aromatic heterocycles. The molecule has 3 aromatic rings. The van der Waals surface area contributed by atoms with Crippen molar-refractivity contribution in [3.8, 4) is 11.4 Å². The van der Waals surface area contributed by atoms with Gasteiger partial charge in [-0.3, -0.25) is 4.98 Å². The van der Waals surface area contributed by atoms with Gasteiger partial charge in [0, 0.05) is 36.2 Å². The number of rotatable bonds is 6. The van der Waals surface area contributed by atoms with Crippen LogP contribution in [0.4, 0.5) is 5.69 Å². The fraction of sp³-hybridized carbons (Fsp3) is 0.261. The Morgan fingerprint density at radius 2 is 1.93 bits per heavy atom. The molecule has 0 amide bonds. The molecule has 1 fully saturated rings. The Labute approximate surface area is 170 Å². The van der Waals surface area contributed by atoms with Gasteiger partial charge in [-0.25, -0.2) is 0 Å². The average Bonchev–Trinajstić information content (AvgIpc) is 3.51. The van der Waals surface area contributed by atoms with Crippen molar-refractivity contribution in [1.82, 2.24) is 25.1 Å². The van der Waals surface area contributed by atoms with E-state index in [0.717, 1.165) is 36.0 Å². The zero-order valence-corrected chi connectivity index (χ0v) is 16.5. The fourth-order valence-corrected chi connectivity index (χ4v) is 3.78. The van der Waals surface area contributed by atoms with Crippen LogP contribution in [0.15, 0.2) is 73.1 Å². The van der Waals surface area contributed by atoms with Crippen LogP contribution < -0.4 is 10.2 Å². The highest BCUT2D eigenvalue weighted by Crippen LogP contribution is 2.38. The molecule has 3 heterocycles. The lowest BCUT2D eigenvalue weighted by atomic mass is 10.0. The van der Waals surface area contributed by atoms with Crippen molar-refractivity contribution < 1.29 is 0 Å². The summed E-state index contributed by atoms with van der Waals surface area (Å²) in [4.78, 5) is 6.47. The van der Waals surface area contributed by atoms with Crippen molar-refractivity contribution in [3.63, 3.8) is 0 Å². The molecule has 1 aliphatic heterocycles. The quantitative estimate of drug-likeness (QED) is 0.695. The number of aromatic nitrogens is 4. The van der Waals surface area contributed by atoms with E-state index in [4.69, 9.17) is 0 Å². The summed E-state index contributed by atoms with van der Waals surface area (Å²) in [6.45, 7) is 3.79. The highest BCUT2D eigenvalue weighted by atomic mass is 15.3. The third kappa shape index (κ3) is 3.53. The second-order valence-electron chi connectivity index (χ2n) is 7.44. The normalized spacial score (nSPS) is 16.4. The largest absolute Gasteiger partial charge is 0.372 e. The van der Waals surface area contributed by atoms with E-state index in [2.05, 4.69) is 85.4 Å². The monoisotopic (exact) mass is 384 g/mol. The molecule has 0 unspecified atom stereocenters. The van der Waals surface area contributed by atoms with Crippen LogP contribution in [0, 0.1) is 0 Å². The summed E-state index contributed by atoms with van der Waals surface area (Å²) >= 11 is 0. The highest BCUT2D eigenvalue weighted by Gasteiger charge is 2.27. The zero-order chi connectivity index (χ0) is 19.6. The number of allylic oxidation sites excluding steroid dienone is 2. The molecule has 29 heavy (non-hydrogen) atoms. The van der Waals surface area contributed by atoms with Crippen molar-refractivity contribution in [2.75, 3.05) is 18.0 Å². The number of hydrogen-bond acceptors (Lipinski definition) is 5. The Kier molecular flexibility index (Phi) is 4.60. The third-order valence-corrected chi connectivity index (χ3v) is 5.40. The SMILES string of the molecule is CCNC1=CC=C(c2ccncc2)CN1c1cccc(-c2nncn2C2CC2)c1. The predicted molar refractivity (Wildman–Crippen MR) is 115 cm³/mol. The van der Waals surface area contributed by atoms with Crippen LogP contribution in [-0.4, -0.2) is 32.8 Å². The van der Waals surface area contributed by atoms with Gasteiger partial charge in [-0.05, 0) is 61.2 Å². The first-order chi connectivity index (χ1) is 14.3. The molecular formula is C23H24N6. The molecule has 5 rings (SSSR count). The molecule has 1 N–H and O–H groups in total. The molecule has 6 nitrogen and oxygen atoms in total. The van der Waals surface area contributed by atoms with Crippen molar-refractivity contribution in [2.45, 2.75) is 25.8 Å². The van der Waals surface area contributed by atoms with E-state index in [9.17, 15) is 0 Å². The van der Waals surface area contributed by atoms with Crippen LogP contribution in [0.3, 0.4) is 0 Å². The summed E-state index contributed by atoms with van der Waals surface area (Å²) in [5, 5.41) is 12.1. The summed E-state index contributed by atoms with van der Waals surface area (Å²) in [5.74, 6) is 2.05. The van der Waals surface area contributed by atoms with Crippen molar-refractivity contribution in [2.24, 2.45) is 0 Å². The molecular weight excluding hydrogens is 360 g/mol. The van der Waals surface area contributed by atoms with Gasteiger partial charge in [0.15, 0.2) is 5.82 Å². The maximum atomic E-state index is 4.40. The summed E-state index contributed by atoms with van der Waals surface area (Å²) in [7, 11) is 0. The van der Waals surface area contributed by atoms with Gasteiger partial charge >= 0.3 is 0 Å². The van der Waals surface area contributed by atoms with Gasteiger partial charge in [0.2, 0.25) is 0 Å². The van der Waals surface area contributed by atoms with Crippen LogP contribution in [0.2, 0.25) is 0 Å². The van der Waals surface area contributed by atoms with E-state index >= 15 is 0 Å². The topological polar surface area (TPSA) is 58.9 Å². The molecule has 1 aliphatic carbocycles. The Morgan fingerprint density at radius 1 is 1.07 bits per heavy atom. The molecule has 1 aromatic carbocycles. The van der Waals surface area contributed by atoms with Crippen LogP contribution in [0.5, 0.6) is 0 Å². The summed E-state index contributed by atoms with van der Waals surface area (Å²) in [5.41, 5.74) is 4.70.